The van der Waals surface area contributed by atoms with Crippen molar-refractivity contribution in [1.29, 1.82) is 0 Å². The van der Waals surface area contributed by atoms with Gasteiger partial charge in [0.1, 0.15) is 0 Å². The van der Waals surface area contributed by atoms with Gasteiger partial charge in [-0.05, 0) is 53.8 Å². The van der Waals surface area contributed by atoms with Crippen LogP contribution >= 0.6 is 11.6 Å². The fourth-order valence-corrected chi connectivity index (χ4v) is 3.24. The Labute approximate surface area is 158 Å². The molecule has 5 nitrogen and oxygen atoms in total. The lowest BCUT2D eigenvalue weighted by Crippen LogP contribution is -2.42. The lowest BCUT2D eigenvalue weighted by Gasteiger charge is -2.27. The van der Waals surface area contributed by atoms with Crippen molar-refractivity contribution in [2.75, 3.05) is 19.6 Å². The molecule has 0 radical (unpaired) electrons. The highest BCUT2D eigenvalue weighted by molar-refractivity contribution is 6.30. The highest BCUT2D eigenvalue weighted by Crippen LogP contribution is 2.22. The van der Waals surface area contributed by atoms with Crippen LogP contribution in [0.4, 0.5) is 0 Å². The summed E-state index contributed by atoms with van der Waals surface area (Å²) in [6.07, 6.45) is 2.46. The van der Waals surface area contributed by atoms with E-state index in [1.165, 1.54) is 0 Å². The number of carboxylic acid groups (broad SMARTS) is 1. The van der Waals surface area contributed by atoms with Crippen molar-refractivity contribution in [3.05, 3.63) is 59.1 Å². The Balaban J connectivity index is 1.55. The van der Waals surface area contributed by atoms with Crippen molar-refractivity contribution in [3.63, 3.8) is 0 Å². The topological polar surface area (TPSA) is 73.7 Å². The van der Waals surface area contributed by atoms with Crippen LogP contribution in [0.5, 0.6) is 0 Å². The van der Waals surface area contributed by atoms with E-state index in [0.29, 0.717) is 19.5 Å². The zero-order valence-electron chi connectivity index (χ0n) is 14.4. The van der Waals surface area contributed by atoms with Gasteiger partial charge in [0.05, 0.1) is 12.1 Å². The van der Waals surface area contributed by atoms with Gasteiger partial charge < -0.3 is 15.8 Å². The average molecular weight is 372 g/mol. The number of piperidine rings is 1. The first-order valence-corrected chi connectivity index (χ1v) is 9.05. The van der Waals surface area contributed by atoms with E-state index in [2.05, 4.69) is 21.9 Å². The van der Waals surface area contributed by atoms with Crippen LogP contribution in [0.2, 0.25) is 5.02 Å². The molecule has 0 unspecified atom stereocenters. The van der Waals surface area contributed by atoms with Crippen molar-refractivity contribution in [3.8, 4) is 11.1 Å². The molecule has 3 N–H and O–H groups in total. The van der Waals surface area contributed by atoms with Crippen LogP contribution in [0.25, 0.3) is 11.1 Å². The van der Waals surface area contributed by atoms with Gasteiger partial charge in [-0.1, -0.05) is 41.9 Å². The molecule has 0 bridgehead atoms. The maximum absolute atomic E-state index is 11.1. The molecule has 136 valence electrons. The Morgan fingerprint density at radius 1 is 1.23 bits per heavy atom. The second kappa shape index (κ2) is 8.83. The smallest absolute Gasteiger partial charge is 0.307 e. The van der Waals surface area contributed by atoms with E-state index in [4.69, 9.17) is 16.7 Å². The van der Waals surface area contributed by atoms with Crippen molar-refractivity contribution < 1.29 is 9.90 Å². The molecule has 2 aromatic rings. The van der Waals surface area contributed by atoms with E-state index in [0.717, 1.165) is 28.3 Å². The highest BCUT2D eigenvalue weighted by atomic mass is 35.5. The number of hydrogen-bond acceptors (Lipinski definition) is 4. The van der Waals surface area contributed by atoms with Gasteiger partial charge in [0.15, 0.2) is 0 Å². The van der Waals surface area contributed by atoms with Gasteiger partial charge in [-0.25, -0.2) is 0 Å². The third kappa shape index (κ3) is 5.07. The van der Waals surface area contributed by atoms with Crippen LogP contribution in [0.1, 0.15) is 12.0 Å². The Hall–Kier alpha value is -2.37. The summed E-state index contributed by atoms with van der Waals surface area (Å²) in [5, 5.41) is 17.3. The Morgan fingerprint density at radius 3 is 2.81 bits per heavy atom. The van der Waals surface area contributed by atoms with Gasteiger partial charge >= 0.3 is 5.97 Å². The standard InChI is InChI=1S/C20H22ClN3O2/c21-19-6-4-16(5-7-19)17-3-1-2-14(8-17)11-23-24-12-15-9-18(20(25)26)13-22-10-15/h1-8,11,15,18,22,24H,9-10,12-13H2,(H,25,26)/b23-11+/t15-,18+/m0/s1. The van der Waals surface area contributed by atoms with Gasteiger partial charge in [-0.3, -0.25) is 4.79 Å². The van der Waals surface area contributed by atoms with E-state index < -0.39 is 5.97 Å². The quantitative estimate of drug-likeness (QED) is 0.538. The first-order chi connectivity index (χ1) is 12.6. The second-order valence-electron chi connectivity index (χ2n) is 6.55. The van der Waals surface area contributed by atoms with Crippen LogP contribution in [-0.2, 0) is 4.79 Å². The van der Waals surface area contributed by atoms with Gasteiger partial charge in [0.2, 0.25) is 0 Å². The van der Waals surface area contributed by atoms with E-state index >= 15 is 0 Å². The molecule has 2 atom stereocenters. The summed E-state index contributed by atoms with van der Waals surface area (Å²) in [6.45, 7) is 2.02. The molecule has 0 aromatic heterocycles. The Morgan fingerprint density at radius 2 is 2.04 bits per heavy atom. The third-order valence-corrected chi connectivity index (χ3v) is 4.79. The molecule has 1 aliphatic rings. The van der Waals surface area contributed by atoms with Gasteiger partial charge in [-0.15, -0.1) is 0 Å². The highest BCUT2D eigenvalue weighted by Gasteiger charge is 2.26. The molecule has 3 rings (SSSR count). The molecule has 0 saturated carbocycles. The summed E-state index contributed by atoms with van der Waals surface area (Å²) in [7, 11) is 0. The SMILES string of the molecule is O=C(O)[C@H]1CNC[C@@H](CN/N=C/c2cccc(-c3ccc(Cl)cc3)c2)C1. The summed E-state index contributed by atoms with van der Waals surface area (Å²) < 4.78 is 0. The van der Waals surface area contributed by atoms with Crippen LogP contribution in [-0.4, -0.2) is 36.9 Å². The van der Waals surface area contributed by atoms with Crippen molar-refractivity contribution >= 4 is 23.8 Å². The summed E-state index contributed by atoms with van der Waals surface area (Å²) in [6, 6.07) is 15.8. The van der Waals surface area contributed by atoms with E-state index in [1.54, 1.807) is 6.21 Å². The van der Waals surface area contributed by atoms with E-state index in [1.807, 2.05) is 42.5 Å². The van der Waals surface area contributed by atoms with Crippen LogP contribution in [0, 0.1) is 11.8 Å². The zero-order chi connectivity index (χ0) is 18.4. The first-order valence-electron chi connectivity index (χ1n) is 8.67. The molecule has 1 aliphatic heterocycles. The molecule has 0 amide bonds. The van der Waals surface area contributed by atoms with E-state index in [-0.39, 0.29) is 11.8 Å². The minimum atomic E-state index is -0.732. The van der Waals surface area contributed by atoms with E-state index in [9.17, 15) is 4.79 Å². The zero-order valence-corrected chi connectivity index (χ0v) is 15.1. The predicted molar refractivity (Wildman–Crippen MR) is 105 cm³/mol. The molecule has 26 heavy (non-hydrogen) atoms. The number of hydrazone groups is 1. The molecule has 2 aromatic carbocycles. The van der Waals surface area contributed by atoms with Crippen LogP contribution in [0.3, 0.4) is 0 Å². The van der Waals surface area contributed by atoms with Crippen molar-refractivity contribution in [2.45, 2.75) is 6.42 Å². The molecule has 1 saturated heterocycles. The van der Waals surface area contributed by atoms with Gasteiger partial charge in [-0.2, -0.15) is 5.10 Å². The number of nitrogens with one attached hydrogen (secondary N) is 2. The molecule has 1 fully saturated rings. The first kappa shape index (κ1) is 18.4. The summed E-state index contributed by atoms with van der Waals surface area (Å²) in [4.78, 5) is 11.1. The predicted octanol–water partition coefficient (Wildman–Crippen LogP) is 3.24. The Bertz CT molecular complexity index is 777. The van der Waals surface area contributed by atoms with Gasteiger partial charge in [0, 0.05) is 18.1 Å². The summed E-state index contributed by atoms with van der Waals surface area (Å²) in [5.74, 6) is -0.775. The number of nitrogens with zero attached hydrogens (tertiary/aromatic N) is 1. The molecule has 0 aliphatic carbocycles. The number of carbonyl (C=O) groups is 1. The minimum absolute atomic E-state index is 0.266. The lowest BCUT2D eigenvalue weighted by atomic mass is 9.91. The monoisotopic (exact) mass is 371 g/mol. The van der Waals surface area contributed by atoms with Crippen LogP contribution < -0.4 is 10.7 Å². The normalized spacial score (nSPS) is 20.2. The second-order valence-corrected chi connectivity index (χ2v) is 6.98. The average Bonchev–Trinajstić information content (AvgIpc) is 2.66. The van der Waals surface area contributed by atoms with Crippen molar-refractivity contribution in [1.82, 2.24) is 10.7 Å². The number of benzene rings is 2. The fraction of sp³-hybridized carbons (Fsp3) is 0.300. The minimum Gasteiger partial charge on any atom is -0.481 e. The number of hydrogen-bond donors (Lipinski definition) is 3. The molecule has 0 spiro atoms. The molecule has 1 heterocycles. The molecule has 6 heteroatoms. The Kier molecular flexibility index (Phi) is 6.26. The summed E-state index contributed by atoms with van der Waals surface area (Å²) >= 11 is 5.94. The lowest BCUT2D eigenvalue weighted by molar-refractivity contribution is -0.142. The van der Waals surface area contributed by atoms with Crippen LogP contribution in [0.15, 0.2) is 53.6 Å². The number of rotatable bonds is 6. The summed E-state index contributed by atoms with van der Waals surface area (Å²) in [5.41, 5.74) is 6.25. The molecular formula is C20H22ClN3O2. The van der Waals surface area contributed by atoms with Gasteiger partial charge in [0.25, 0.3) is 0 Å². The maximum atomic E-state index is 11.1. The largest absolute Gasteiger partial charge is 0.481 e. The maximum Gasteiger partial charge on any atom is 0.307 e. The molecular weight excluding hydrogens is 350 g/mol. The third-order valence-electron chi connectivity index (χ3n) is 4.54. The fourth-order valence-electron chi connectivity index (χ4n) is 3.12. The number of aliphatic carboxylic acids is 1. The number of carboxylic acids is 1. The van der Waals surface area contributed by atoms with Crippen molar-refractivity contribution in [2.24, 2.45) is 16.9 Å². The number of halogens is 1.